The van der Waals surface area contributed by atoms with Crippen molar-refractivity contribution in [3.8, 4) is 10.6 Å². The molecule has 1 aromatic heterocycles. The maximum absolute atomic E-state index is 14.1. The molecule has 41 heavy (non-hydrogen) atoms. The molecule has 0 spiro atoms. The van der Waals surface area contributed by atoms with E-state index in [-0.39, 0.29) is 29.7 Å². The highest BCUT2D eigenvalue weighted by molar-refractivity contribution is 7.13. The Balaban J connectivity index is 1.51. The molecule has 2 aromatic rings. The van der Waals surface area contributed by atoms with Gasteiger partial charge in [0.15, 0.2) is 0 Å². The molecule has 2 fully saturated rings. The molecule has 224 valence electrons. The van der Waals surface area contributed by atoms with Gasteiger partial charge in [-0.2, -0.15) is 0 Å². The van der Waals surface area contributed by atoms with E-state index < -0.39 is 35.1 Å². The van der Waals surface area contributed by atoms with Crippen molar-refractivity contribution < 1.29 is 23.5 Å². The lowest BCUT2D eigenvalue weighted by Crippen LogP contribution is -2.59. The van der Waals surface area contributed by atoms with E-state index in [0.717, 1.165) is 22.7 Å². The van der Waals surface area contributed by atoms with Gasteiger partial charge in [0.05, 0.1) is 11.7 Å². The Morgan fingerprint density at radius 3 is 2.44 bits per heavy atom. The topological polar surface area (TPSA) is 104 Å². The van der Waals surface area contributed by atoms with Crippen LogP contribution in [0.1, 0.15) is 66.5 Å². The Morgan fingerprint density at radius 1 is 1.17 bits per heavy atom. The summed E-state index contributed by atoms with van der Waals surface area (Å²) in [6.45, 7) is 13.9. The van der Waals surface area contributed by atoms with E-state index in [2.05, 4.69) is 10.6 Å². The van der Waals surface area contributed by atoms with Crippen LogP contribution in [0, 0.1) is 11.2 Å². The number of carbonyl (C=O) groups is 3. The van der Waals surface area contributed by atoms with Crippen LogP contribution in [-0.4, -0.2) is 82.6 Å². The van der Waals surface area contributed by atoms with Gasteiger partial charge in [-0.05, 0) is 63.8 Å². The predicted molar refractivity (Wildman–Crippen MR) is 157 cm³/mol. The number of rotatable bonds is 6. The minimum Gasteiger partial charge on any atom is -0.444 e. The number of benzene rings is 1. The third-order valence-corrected chi connectivity index (χ3v) is 8.69. The van der Waals surface area contributed by atoms with E-state index in [1.807, 2.05) is 31.1 Å². The first-order chi connectivity index (χ1) is 19.1. The van der Waals surface area contributed by atoms with Gasteiger partial charge in [0.25, 0.3) is 0 Å². The molecule has 1 aromatic carbocycles. The highest BCUT2D eigenvalue weighted by Crippen LogP contribution is 2.39. The zero-order valence-electron chi connectivity index (χ0n) is 25.2. The highest BCUT2D eigenvalue weighted by atomic mass is 32.1. The van der Waals surface area contributed by atoms with Crippen LogP contribution in [0.15, 0.2) is 29.6 Å². The first-order valence-electron chi connectivity index (χ1n) is 14.1. The summed E-state index contributed by atoms with van der Waals surface area (Å²) in [5, 5.41) is 9.35. The summed E-state index contributed by atoms with van der Waals surface area (Å²) in [6.07, 6.45) is 0.203. The number of halogens is 1. The molecule has 3 amide bonds. The minimum atomic E-state index is -0.838. The molecule has 0 bridgehead atoms. The number of aromatic nitrogens is 1. The average Bonchev–Trinajstić information content (AvgIpc) is 3.61. The van der Waals surface area contributed by atoms with Crippen LogP contribution in [0.4, 0.5) is 9.18 Å². The molecule has 5 atom stereocenters. The summed E-state index contributed by atoms with van der Waals surface area (Å²) in [5.74, 6) is -0.870. The lowest BCUT2D eigenvalue weighted by atomic mass is 9.85. The quantitative estimate of drug-likeness (QED) is 0.520. The van der Waals surface area contributed by atoms with Crippen LogP contribution < -0.4 is 10.6 Å². The number of likely N-dealkylation sites (N-methyl/N-ethyl adjacent to an activating group) is 1. The van der Waals surface area contributed by atoms with Gasteiger partial charge in [0, 0.05) is 43.0 Å². The average molecular weight is 588 g/mol. The van der Waals surface area contributed by atoms with Crippen molar-refractivity contribution in [3.05, 3.63) is 41.2 Å². The summed E-state index contributed by atoms with van der Waals surface area (Å²) in [4.78, 5) is 48.0. The predicted octanol–water partition coefficient (Wildman–Crippen LogP) is 4.39. The molecular weight excluding hydrogens is 545 g/mol. The Morgan fingerprint density at radius 2 is 1.83 bits per heavy atom. The normalized spacial score (nSPS) is 22.2. The van der Waals surface area contributed by atoms with Gasteiger partial charge in [-0.25, -0.2) is 14.2 Å². The zero-order valence-corrected chi connectivity index (χ0v) is 26.0. The molecule has 2 aliphatic rings. The molecule has 11 heteroatoms. The highest BCUT2D eigenvalue weighted by Gasteiger charge is 2.50. The molecule has 2 N–H and O–H groups in total. The summed E-state index contributed by atoms with van der Waals surface area (Å²) in [7, 11) is 1.51. The third kappa shape index (κ3) is 6.89. The standard InChI is InChI=1S/C30H42FN5O4S/c1-17(35(8)28(39)40-30(5,6)7)25(37)34-24(29(2,3)4)27(38)36-14-13-21-23(36)20(15-32-21)22-16-41-26(33-22)18-9-11-19(31)12-10-18/h9-12,16-17,20-21,23-24,32H,13-15H2,1-8H3,(H,34,37)/t17-,20+,21+,23+,24?/m0/s1. The molecule has 0 radical (unpaired) electrons. The van der Waals surface area contributed by atoms with Crippen molar-refractivity contribution in [3.63, 3.8) is 0 Å². The largest absolute Gasteiger partial charge is 0.444 e. The van der Waals surface area contributed by atoms with Crippen molar-refractivity contribution in [1.82, 2.24) is 25.4 Å². The van der Waals surface area contributed by atoms with E-state index in [4.69, 9.17) is 9.72 Å². The number of nitrogens with zero attached hydrogens (tertiary/aromatic N) is 3. The maximum Gasteiger partial charge on any atom is 0.410 e. The summed E-state index contributed by atoms with van der Waals surface area (Å²) < 4.78 is 18.8. The van der Waals surface area contributed by atoms with Crippen molar-refractivity contribution in [2.45, 2.75) is 90.6 Å². The second-order valence-corrected chi connectivity index (χ2v) is 13.9. The fourth-order valence-corrected chi connectivity index (χ4v) is 6.29. The van der Waals surface area contributed by atoms with Gasteiger partial charge in [0.1, 0.15) is 28.5 Å². The molecule has 2 aliphatic heterocycles. The van der Waals surface area contributed by atoms with Gasteiger partial charge >= 0.3 is 6.09 Å². The molecule has 0 saturated carbocycles. The SMILES string of the molecule is C[C@@H](C(=O)NC(C(=O)N1CC[C@H]2NC[C@H](c3csc(-c4ccc(F)cc4)n3)[C@H]21)C(C)(C)C)N(C)C(=O)OC(C)(C)C. The number of carbonyl (C=O) groups excluding carboxylic acids is 3. The van der Waals surface area contributed by atoms with Gasteiger partial charge in [-0.15, -0.1) is 11.3 Å². The Kier molecular flexibility index (Phi) is 8.80. The van der Waals surface area contributed by atoms with Crippen LogP contribution in [0.5, 0.6) is 0 Å². The zero-order chi connectivity index (χ0) is 30.3. The number of likely N-dealkylation sites (tertiary alicyclic amines) is 1. The van der Waals surface area contributed by atoms with Crippen molar-refractivity contribution in [2.75, 3.05) is 20.1 Å². The van der Waals surface area contributed by atoms with Crippen LogP contribution in [0.25, 0.3) is 10.6 Å². The number of hydrogen-bond donors (Lipinski definition) is 2. The number of ether oxygens (including phenoxy) is 1. The number of amides is 3. The van der Waals surface area contributed by atoms with Crippen LogP contribution >= 0.6 is 11.3 Å². The Hall–Kier alpha value is -3.05. The number of nitrogens with one attached hydrogen (secondary N) is 2. The molecule has 9 nitrogen and oxygen atoms in total. The van der Waals surface area contributed by atoms with E-state index in [1.54, 1.807) is 39.8 Å². The smallest absolute Gasteiger partial charge is 0.410 e. The van der Waals surface area contributed by atoms with Crippen LogP contribution in [0.3, 0.4) is 0 Å². The Bertz CT molecular complexity index is 1270. The number of thiazole rings is 1. The van der Waals surface area contributed by atoms with E-state index in [0.29, 0.717) is 13.1 Å². The Labute approximate surface area is 245 Å². The third-order valence-electron chi connectivity index (χ3n) is 7.78. The van der Waals surface area contributed by atoms with E-state index >= 15 is 0 Å². The second kappa shape index (κ2) is 11.7. The lowest BCUT2D eigenvalue weighted by molar-refractivity contribution is -0.141. The molecular formula is C30H42FN5O4S. The molecule has 2 saturated heterocycles. The summed E-state index contributed by atoms with van der Waals surface area (Å²) in [5.41, 5.74) is 0.483. The fraction of sp³-hybridized carbons (Fsp3) is 0.600. The first-order valence-corrected chi connectivity index (χ1v) is 15.0. The fourth-order valence-electron chi connectivity index (χ4n) is 5.40. The van der Waals surface area contributed by atoms with Crippen LogP contribution in [0.2, 0.25) is 0 Å². The molecule has 1 unspecified atom stereocenters. The lowest BCUT2D eigenvalue weighted by Gasteiger charge is -2.38. The maximum atomic E-state index is 14.1. The molecule has 3 heterocycles. The van der Waals surface area contributed by atoms with Gasteiger partial charge in [-0.1, -0.05) is 20.8 Å². The molecule has 0 aliphatic carbocycles. The number of hydrogen-bond acceptors (Lipinski definition) is 7. The summed E-state index contributed by atoms with van der Waals surface area (Å²) >= 11 is 1.51. The van der Waals surface area contributed by atoms with Crippen molar-refractivity contribution in [1.29, 1.82) is 0 Å². The van der Waals surface area contributed by atoms with Crippen molar-refractivity contribution >= 4 is 29.2 Å². The first kappa shape index (κ1) is 30.9. The summed E-state index contributed by atoms with van der Waals surface area (Å²) in [6, 6.07) is 4.68. The van der Waals surface area contributed by atoms with Crippen LogP contribution in [-0.2, 0) is 14.3 Å². The minimum absolute atomic E-state index is 0.00885. The van der Waals surface area contributed by atoms with E-state index in [9.17, 15) is 18.8 Å². The molecule has 4 rings (SSSR count). The van der Waals surface area contributed by atoms with Crippen molar-refractivity contribution in [2.24, 2.45) is 5.41 Å². The van der Waals surface area contributed by atoms with Gasteiger partial charge in [-0.3, -0.25) is 14.5 Å². The van der Waals surface area contributed by atoms with Gasteiger partial charge < -0.3 is 20.3 Å². The number of fused-ring (bicyclic) bond motifs is 1. The van der Waals surface area contributed by atoms with E-state index in [1.165, 1.54) is 35.4 Å². The van der Waals surface area contributed by atoms with Gasteiger partial charge in [0.2, 0.25) is 11.8 Å². The monoisotopic (exact) mass is 587 g/mol. The second-order valence-electron chi connectivity index (χ2n) is 13.1.